The van der Waals surface area contributed by atoms with Gasteiger partial charge in [0.05, 0.1) is 8.47 Å². The largest absolute Gasteiger partial charge is 0.294 e. The Kier molecular flexibility index (Phi) is 3.41. The lowest BCUT2D eigenvalue weighted by Crippen LogP contribution is -1.93. The molecule has 3 aliphatic rings. The van der Waals surface area contributed by atoms with Crippen LogP contribution >= 0.6 is 33.3 Å². The zero-order valence-electron chi connectivity index (χ0n) is 9.28. The monoisotopic (exact) mass is 284 g/mol. The van der Waals surface area contributed by atoms with Gasteiger partial charge in [-0.25, -0.2) is 0 Å². The first-order chi connectivity index (χ1) is 8.25. The van der Waals surface area contributed by atoms with Gasteiger partial charge in [0.15, 0.2) is 11.6 Å². The maximum atomic E-state index is 11.7. The summed E-state index contributed by atoms with van der Waals surface area (Å²) in [5.41, 5.74) is 2.02. The zero-order chi connectivity index (χ0) is 11.8. The number of carbonyl (C=O) groups is 2. The van der Waals surface area contributed by atoms with E-state index >= 15 is 0 Å². The van der Waals surface area contributed by atoms with Crippen LogP contribution in [0.25, 0.3) is 0 Å². The summed E-state index contributed by atoms with van der Waals surface area (Å²) in [7, 11) is 3.34. The number of hydrogen-bond acceptors (Lipinski definition) is 5. The molecule has 0 atom stereocenters. The lowest BCUT2D eigenvalue weighted by molar-refractivity contribution is -0.115. The van der Waals surface area contributed by atoms with E-state index in [-0.39, 0.29) is 0 Å². The highest BCUT2D eigenvalue weighted by molar-refractivity contribution is 8.86. The van der Waals surface area contributed by atoms with Crippen LogP contribution in [0, 0.1) is 0 Å². The van der Waals surface area contributed by atoms with Crippen molar-refractivity contribution in [1.82, 2.24) is 0 Å². The molecule has 0 spiro atoms. The van der Waals surface area contributed by atoms with Crippen molar-refractivity contribution >= 4 is 44.9 Å². The Bertz CT molecular complexity index is 420. The minimum atomic E-state index is 0.310. The molecule has 5 heteroatoms. The average molecular weight is 284 g/mol. The predicted octanol–water partition coefficient (Wildman–Crippen LogP) is 4.04. The van der Waals surface area contributed by atoms with E-state index < -0.39 is 0 Å². The second-order valence-electron chi connectivity index (χ2n) is 4.35. The Labute approximate surface area is 112 Å². The van der Waals surface area contributed by atoms with Crippen molar-refractivity contribution in [3.63, 3.8) is 0 Å². The molecule has 2 saturated carbocycles. The summed E-state index contributed by atoms with van der Waals surface area (Å²) in [6.07, 6.45) is 5.24. The molecule has 1 saturated heterocycles. The molecule has 3 fully saturated rings. The number of hydrogen-bond donors (Lipinski definition) is 0. The molecule has 0 aromatic rings. The van der Waals surface area contributed by atoms with E-state index in [9.17, 15) is 9.59 Å². The van der Waals surface area contributed by atoms with Crippen LogP contribution in [0.3, 0.4) is 0 Å². The molecule has 1 heterocycles. The summed E-state index contributed by atoms with van der Waals surface area (Å²) in [6.45, 7) is 0. The topological polar surface area (TPSA) is 34.1 Å². The van der Waals surface area contributed by atoms with Gasteiger partial charge in [0.25, 0.3) is 0 Å². The summed E-state index contributed by atoms with van der Waals surface area (Å²) in [4.78, 5) is 23.4. The molecule has 0 bridgehead atoms. The normalized spacial score (nSPS) is 34.1. The Hall–Kier alpha value is -0.130. The fraction of sp³-hybridized carbons (Fsp3) is 0.500. The van der Waals surface area contributed by atoms with E-state index in [4.69, 9.17) is 0 Å². The van der Waals surface area contributed by atoms with E-state index in [2.05, 4.69) is 0 Å². The Morgan fingerprint density at radius 1 is 0.706 bits per heavy atom. The van der Waals surface area contributed by atoms with Gasteiger partial charge >= 0.3 is 0 Å². The van der Waals surface area contributed by atoms with E-state index in [1.807, 2.05) is 0 Å². The third kappa shape index (κ3) is 2.25. The molecule has 90 valence electrons. The highest BCUT2D eigenvalue weighted by Gasteiger charge is 2.30. The minimum absolute atomic E-state index is 0.310. The molecule has 0 aromatic carbocycles. The van der Waals surface area contributed by atoms with Crippen LogP contribution < -0.4 is 0 Å². The van der Waals surface area contributed by atoms with E-state index in [1.54, 1.807) is 33.3 Å². The van der Waals surface area contributed by atoms with E-state index in [1.165, 1.54) is 0 Å². The number of carbonyl (C=O) groups excluding carboxylic acids is 2. The Balaban J connectivity index is 1.87. The van der Waals surface area contributed by atoms with Crippen LogP contribution in [-0.4, -0.2) is 11.6 Å². The fourth-order valence-corrected chi connectivity index (χ4v) is 7.13. The highest BCUT2D eigenvalue weighted by atomic mass is 33.1. The lowest BCUT2D eigenvalue weighted by atomic mass is 10.2. The first-order valence-corrected chi connectivity index (χ1v) is 8.77. The highest BCUT2D eigenvalue weighted by Crippen LogP contribution is 2.60. The van der Waals surface area contributed by atoms with Crippen molar-refractivity contribution in [1.29, 1.82) is 0 Å². The molecular formula is C12H12O2S3. The molecule has 0 radical (unpaired) electrons. The van der Waals surface area contributed by atoms with Crippen molar-refractivity contribution in [2.45, 2.75) is 38.5 Å². The summed E-state index contributed by atoms with van der Waals surface area (Å²) in [6, 6.07) is 0. The molecular weight excluding hydrogens is 272 g/mol. The molecule has 0 unspecified atom stereocenters. The third-order valence-corrected chi connectivity index (χ3v) is 7.83. The second kappa shape index (κ2) is 4.86. The zero-order valence-corrected chi connectivity index (χ0v) is 11.7. The van der Waals surface area contributed by atoms with Crippen molar-refractivity contribution in [2.24, 2.45) is 0 Å². The summed E-state index contributed by atoms with van der Waals surface area (Å²) >= 11 is 1.66. The molecule has 1 aliphatic heterocycles. The SMILES string of the molecule is O=C1CCC/C1=C1/SS/C(=C2/CCCC2=O)S1. The maximum absolute atomic E-state index is 11.7. The van der Waals surface area contributed by atoms with Crippen LogP contribution in [-0.2, 0) is 9.59 Å². The smallest absolute Gasteiger partial charge is 0.160 e. The quantitative estimate of drug-likeness (QED) is 0.495. The molecule has 0 N–H and O–H groups in total. The molecule has 2 nitrogen and oxygen atoms in total. The van der Waals surface area contributed by atoms with Gasteiger partial charge < -0.3 is 0 Å². The van der Waals surface area contributed by atoms with Gasteiger partial charge in [-0.15, -0.1) is 0 Å². The third-order valence-electron chi connectivity index (χ3n) is 3.21. The van der Waals surface area contributed by atoms with Gasteiger partial charge in [-0.05, 0) is 47.3 Å². The second-order valence-corrected chi connectivity index (χ2v) is 8.04. The van der Waals surface area contributed by atoms with Crippen LogP contribution in [0.5, 0.6) is 0 Å². The Morgan fingerprint density at radius 3 is 1.53 bits per heavy atom. The number of rotatable bonds is 0. The van der Waals surface area contributed by atoms with Crippen molar-refractivity contribution < 1.29 is 9.59 Å². The van der Waals surface area contributed by atoms with Crippen molar-refractivity contribution in [3.8, 4) is 0 Å². The molecule has 0 aromatic heterocycles. The number of allylic oxidation sites excluding steroid dienone is 2. The first-order valence-electron chi connectivity index (χ1n) is 5.81. The molecule has 2 aliphatic carbocycles. The maximum Gasteiger partial charge on any atom is 0.160 e. The van der Waals surface area contributed by atoms with Gasteiger partial charge in [-0.1, -0.05) is 11.8 Å². The van der Waals surface area contributed by atoms with Crippen molar-refractivity contribution in [3.05, 3.63) is 19.6 Å². The number of ketones is 2. The van der Waals surface area contributed by atoms with Gasteiger partial charge in [0, 0.05) is 24.0 Å². The number of Topliss-reactive ketones (excluding diaryl/α,β-unsaturated/α-hetero) is 2. The molecule has 3 rings (SSSR count). The molecule has 0 amide bonds. The average Bonchev–Trinajstić information content (AvgIpc) is 2.97. The molecule has 17 heavy (non-hydrogen) atoms. The van der Waals surface area contributed by atoms with Gasteiger partial charge in [-0.2, -0.15) is 0 Å². The van der Waals surface area contributed by atoms with E-state index in [0.717, 1.165) is 45.3 Å². The van der Waals surface area contributed by atoms with Crippen molar-refractivity contribution in [2.75, 3.05) is 0 Å². The Morgan fingerprint density at radius 2 is 1.18 bits per heavy atom. The van der Waals surface area contributed by atoms with Crippen LogP contribution in [0.4, 0.5) is 0 Å². The van der Waals surface area contributed by atoms with Gasteiger partial charge in [0.1, 0.15) is 0 Å². The fourth-order valence-electron chi connectivity index (χ4n) is 2.28. The lowest BCUT2D eigenvalue weighted by Gasteiger charge is -1.99. The van der Waals surface area contributed by atoms with E-state index in [0.29, 0.717) is 24.4 Å². The standard InChI is InChI=1S/C12H12O2S3/c13-9-5-1-3-7(9)11-15-12(17-16-11)8-4-2-6-10(8)14/h1-6H2/b11-7-,12-8-. The first kappa shape index (κ1) is 11.9. The minimum Gasteiger partial charge on any atom is -0.294 e. The van der Waals surface area contributed by atoms with Crippen LogP contribution in [0.15, 0.2) is 19.6 Å². The van der Waals surface area contributed by atoms with Gasteiger partial charge in [0.2, 0.25) is 0 Å². The van der Waals surface area contributed by atoms with Crippen LogP contribution in [0.1, 0.15) is 38.5 Å². The predicted molar refractivity (Wildman–Crippen MR) is 74.5 cm³/mol. The van der Waals surface area contributed by atoms with Gasteiger partial charge in [-0.3, -0.25) is 9.59 Å². The summed E-state index contributed by atoms with van der Waals surface area (Å²) in [5, 5.41) is 0. The number of thioether (sulfide) groups is 1. The van der Waals surface area contributed by atoms with Crippen LogP contribution in [0.2, 0.25) is 0 Å². The summed E-state index contributed by atoms with van der Waals surface area (Å²) in [5.74, 6) is 0.620. The summed E-state index contributed by atoms with van der Waals surface area (Å²) < 4.78 is 2.28.